The summed E-state index contributed by atoms with van der Waals surface area (Å²) in [6.45, 7) is 0. The van der Waals surface area contributed by atoms with E-state index < -0.39 is 0 Å². The maximum Gasteiger partial charge on any atom is 0.143 e. The van der Waals surface area contributed by atoms with Gasteiger partial charge in [0.05, 0.1) is 11.0 Å². The van der Waals surface area contributed by atoms with Crippen LogP contribution in [-0.4, -0.2) is 4.57 Å². The normalized spacial score (nSPS) is 11.5. The van der Waals surface area contributed by atoms with E-state index in [1.165, 1.54) is 44.1 Å². The Balaban J connectivity index is 0.974. The van der Waals surface area contributed by atoms with Crippen LogP contribution in [0, 0.1) is 0 Å². The van der Waals surface area contributed by atoms with Gasteiger partial charge in [0.15, 0.2) is 0 Å². The van der Waals surface area contributed by atoms with Crippen LogP contribution in [-0.2, 0) is 0 Å². The van der Waals surface area contributed by atoms with Gasteiger partial charge in [0.1, 0.15) is 11.2 Å². The molecule has 0 spiro atoms. The van der Waals surface area contributed by atoms with Crippen LogP contribution in [0.2, 0.25) is 0 Å². The van der Waals surface area contributed by atoms with E-state index in [4.69, 9.17) is 4.42 Å². The van der Waals surface area contributed by atoms with Crippen LogP contribution in [0.15, 0.2) is 271 Å². The molecule has 69 heavy (non-hydrogen) atoms. The van der Waals surface area contributed by atoms with Gasteiger partial charge < -0.3 is 13.9 Å². The van der Waals surface area contributed by atoms with Gasteiger partial charge in [-0.3, -0.25) is 0 Å². The maximum absolute atomic E-state index is 7.10. The molecule has 2 aromatic heterocycles. The molecular formula is C66H44N2O. The largest absolute Gasteiger partial charge is 0.455 e. The Morgan fingerprint density at radius 1 is 0.261 bits per heavy atom. The number of furan rings is 1. The monoisotopic (exact) mass is 880 g/mol. The molecule has 3 nitrogen and oxygen atoms in total. The summed E-state index contributed by atoms with van der Waals surface area (Å²) in [7, 11) is 0. The highest BCUT2D eigenvalue weighted by Crippen LogP contribution is 2.45. The van der Waals surface area contributed by atoms with E-state index in [1.807, 2.05) is 0 Å². The average molecular weight is 881 g/mol. The molecule has 0 N–H and O–H groups in total. The van der Waals surface area contributed by atoms with Crippen molar-refractivity contribution < 1.29 is 4.42 Å². The summed E-state index contributed by atoms with van der Waals surface area (Å²) < 4.78 is 9.49. The summed E-state index contributed by atoms with van der Waals surface area (Å²) in [5.74, 6) is 0. The van der Waals surface area contributed by atoms with E-state index in [0.29, 0.717) is 0 Å². The van der Waals surface area contributed by atoms with Crippen molar-refractivity contribution in [3.8, 4) is 61.3 Å². The predicted molar refractivity (Wildman–Crippen MR) is 290 cm³/mol. The molecule has 0 bridgehead atoms. The number of para-hydroxylation sites is 3. The topological polar surface area (TPSA) is 21.3 Å². The van der Waals surface area contributed by atoms with Gasteiger partial charge in [0.2, 0.25) is 0 Å². The second-order valence-electron chi connectivity index (χ2n) is 17.7. The molecule has 0 fully saturated rings. The number of nitrogens with zero attached hydrogens (tertiary/aromatic N) is 2. The zero-order chi connectivity index (χ0) is 45.7. The first-order valence-corrected chi connectivity index (χ1v) is 23.6. The first-order valence-electron chi connectivity index (χ1n) is 23.6. The summed E-state index contributed by atoms with van der Waals surface area (Å²) in [6.07, 6.45) is 0. The highest BCUT2D eigenvalue weighted by Gasteiger charge is 2.21. The Kier molecular flexibility index (Phi) is 9.84. The van der Waals surface area contributed by atoms with Crippen LogP contribution >= 0.6 is 0 Å². The Labute approximate surface area is 401 Å². The van der Waals surface area contributed by atoms with E-state index in [-0.39, 0.29) is 0 Å². The number of aromatic nitrogens is 1. The average Bonchev–Trinajstić information content (AvgIpc) is 3.98. The summed E-state index contributed by atoms with van der Waals surface area (Å²) in [4.78, 5) is 2.34. The maximum atomic E-state index is 7.10. The lowest BCUT2D eigenvalue weighted by molar-refractivity contribution is 0.671. The summed E-state index contributed by atoms with van der Waals surface area (Å²) >= 11 is 0. The highest BCUT2D eigenvalue weighted by molar-refractivity contribution is 6.15. The van der Waals surface area contributed by atoms with Crippen molar-refractivity contribution in [2.75, 3.05) is 4.90 Å². The molecule has 13 aromatic rings. The van der Waals surface area contributed by atoms with E-state index in [0.717, 1.165) is 78.1 Å². The lowest BCUT2D eigenvalue weighted by atomic mass is 9.94. The third-order valence-corrected chi connectivity index (χ3v) is 13.6. The SMILES string of the molecule is c1ccc(-c2ccc(N(c3ccc(-c4ccccc4)cc3)c3ccc(-c4cc(-c5ccc6c7ccccc7n(-c7ccccc7)c6c5)cc5c4oc4c(-c6ccccc6)cccc45)cc3)cc2)cc1. The van der Waals surface area contributed by atoms with Crippen molar-refractivity contribution in [1.29, 1.82) is 0 Å². The van der Waals surface area contributed by atoms with Crippen molar-refractivity contribution in [3.63, 3.8) is 0 Å². The van der Waals surface area contributed by atoms with E-state index >= 15 is 0 Å². The van der Waals surface area contributed by atoms with Crippen LogP contribution < -0.4 is 4.90 Å². The zero-order valence-corrected chi connectivity index (χ0v) is 37.7. The third-order valence-electron chi connectivity index (χ3n) is 13.6. The number of hydrogen-bond donors (Lipinski definition) is 0. The minimum atomic E-state index is 0.870. The highest BCUT2D eigenvalue weighted by atomic mass is 16.3. The molecule has 0 unspecified atom stereocenters. The Hall–Kier alpha value is -9.18. The van der Waals surface area contributed by atoms with Gasteiger partial charge in [0, 0.05) is 55.4 Å². The molecule has 0 aliphatic rings. The molecule has 11 aromatic carbocycles. The molecule has 0 amide bonds. The molecule has 2 heterocycles. The van der Waals surface area contributed by atoms with Crippen LogP contribution in [0.1, 0.15) is 0 Å². The fourth-order valence-electron chi connectivity index (χ4n) is 10.2. The van der Waals surface area contributed by atoms with E-state index in [9.17, 15) is 0 Å². The standard InChI is InChI=1S/C66H44N2O/c1-5-16-45(17-6-1)47-28-35-54(36-29-47)67(55-37-30-48(31-38-55)46-18-7-2-8-19-46)56-39-32-50(33-40-56)61-42-52(43-62-60-26-15-25-57(65(60)69-66(61)62)49-20-9-3-10-21-49)51-34-41-59-58-24-13-14-27-63(58)68(64(59)44-51)53-22-11-4-12-23-53/h1-44H. The summed E-state index contributed by atoms with van der Waals surface area (Å²) in [5.41, 5.74) is 19.8. The number of hydrogen-bond acceptors (Lipinski definition) is 2. The summed E-state index contributed by atoms with van der Waals surface area (Å²) in [6, 6.07) is 95.9. The second-order valence-corrected chi connectivity index (χ2v) is 17.7. The van der Waals surface area contributed by atoms with Crippen LogP contribution in [0.25, 0.3) is 105 Å². The minimum Gasteiger partial charge on any atom is -0.455 e. The fraction of sp³-hybridized carbons (Fsp3) is 0. The van der Waals surface area contributed by atoms with E-state index in [2.05, 4.69) is 276 Å². The number of fused-ring (bicyclic) bond motifs is 6. The van der Waals surface area contributed by atoms with Gasteiger partial charge in [-0.2, -0.15) is 0 Å². The van der Waals surface area contributed by atoms with Gasteiger partial charge in [-0.15, -0.1) is 0 Å². The first kappa shape index (κ1) is 40.1. The third kappa shape index (κ3) is 7.16. The van der Waals surface area contributed by atoms with Crippen LogP contribution in [0.3, 0.4) is 0 Å². The first-order chi connectivity index (χ1) is 34.2. The van der Waals surface area contributed by atoms with Crippen molar-refractivity contribution >= 4 is 60.8 Å². The number of anilines is 3. The van der Waals surface area contributed by atoms with Gasteiger partial charge in [-0.25, -0.2) is 0 Å². The second kappa shape index (κ2) is 16.9. The summed E-state index contributed by atoms with van der Waals surface area (Å²) in [5, 5.41) is 4.64. The van der Waals surface area contributed by atoms with Gasteiger partial charge in [-0.1, -0.05) is 194 Å². The number of benzene rings is 11. The fourth-order valence-corrected chi connectivity index (χ4v) is 10.2. The molecule has 13 rings (SSSR count). The van der Waals surface area contributed by atoms with Crippen molar-refractivity contribution in [3.05, 3.63) is 267 Å². The Morgan fingerprint density at radius 3 is 1.32 bits per heavy atom. The van der Waals surface area contributed by atoms with Gasteiger partial charge >= 0.3 is 0 Å². The molecule has 0 saturated carbocycles. The van der Waals surface area contributed by atoms with Crippen molar-refractivity contribution in [2.45, 2.75) is 0 Å². The Morgan fingerprint density at radius 2 is 0.710 bits per heavy atom. The lowest BCUT2D eigenvalue weighted by Crippen LogP contribution is -2.09. The molecule has 0 aliphatic heterocycles. The number of rotatable bonds is 9. The lowest BCUT2D eigenvalue weighted by Gasteiger charge is -2.26. The van der Waals surface area contributed by atoms with E-state index in [1.54, 1.807) is 0 Å². The molecular weight excluding hydrogens is 837 g/mol. The zero-order valence-electron chi connectivity index (χ0n) is 37.7. The molecule has 0 aliphatic carbocycles. The molecule has 0 atom stereocenters. The van der Waals surface area contributed by atoms with Gasteiger partial charge in [0.25, 0.3) is 0 Å². The quantitative estimate of drug-likeness (QED) is 0.144. The van der Waals surface area contributed by atoms with Crippen molar-refractivity contribution in [2.24, 2.45) is 0 Å². The minimum absolute atomic E-state index is 0.870. The predicted octanol–water partition coefficient (Wildman–Crippen LogP) is 18.5. The van der Waals surface area contributed by atoms with Crippen LogP contribution in [0.4, 0.5) is 17.1 Å². The smallest absolute Gasteiger partial charge is 0.143 e. The Bertz CT molecular complexity index is 3870. The molecule has 324 valence electrons. The molecule has 0 saturated heterocycles. The van der Waals surface area contributed by atoms with Crippen molar-refractivity contribution in [1.82, 2.24) is 4.57 Å². The van der Waals surface area contributed by atoms with Gasteiger partial charge in [-0.05, 0) is 117 Å². The molecule has 3 heteroatoms. The molecule has 0 radical (unpaired) electrons. The van der Waals surface area contributed by atoms with Crippen LogP contribution in [0.5, 0.6) is 0 Å².